The highest BCUT2D eigenvalue weighted by atomic mass is 32.2. The van der Waals surface area contributed by atoms with Gasteiger partial charge in [0.05, 0.1) is 0 Å². The zero-order valence-electron chi connectivity index (χ0n) is 10.2. The summed E-state index contributed by atoms with van der Waals surface area (Å²) in [7, 11) is 0. The summed E-state index contributed by atoms with van der Waals surface area (Å²) in [6.45, 7) is 1.61. The molecule has 6 heteroatoms. The van der Waals surface area contributed by atoms with Gasteiger partial charge in [0.2, 0.25) is 0 Å². The number of rotatable bonds is 3. The van der Waals surface area contributed by atoms with Crippen molar-refractivity contribution in [1.29, 1.82) is 0 Å². The van der Waals surface area contributed by atoms with E-state index in [9.17, 15) is 4.39 Å². The van der Waals surface area contributed by atoms with E-state index >= 15 is 0 Å². The summed E-state index contributed by atoms with van der Waals surface area (Å²) in [6, 6.07) is 4.49. The molecule has 0 saturated heterocycles. The molecule has 0 fully saturated rings. The van der Waals surface area contributed by atoms with Gasteiger partial charge in [-0.1, -0.05) is 29.7 Å². The number of benzene rings is 1. The number of aromatic nitrogens is 2. The Morgan fingerprint density at radius 1 is 1.47 bits per heavy atom. The second-order valence-corrected chi connectivity index (χ2v) is 5.63. The minimum Gasteiger partial charge on any atom is -0.384 e. The van der Waals surface area contributed by atoms with E-state index in [1.165, 1.54) is 23.7 Å². The van der Waals surface area contributed by atoms with Gasteiger partial charge < -0.3 is 5.11 Å². The van der Waals surface area contributed by atoms with E-state index in [0.29, 0.717) is 11.3 Å². The van der Waals surface area contributed by atoms with Crippen LogP contribution in [-0.2, 0) is 5.75 Å². The van der Waals surface area contributed by atoms with E-state index < -0.39 is 0 Å². The van der Waals surface area contributed by atoms with Crippen molar-refractivity contribution in [3.05, 3.63) is 41.0 Å². The van der Waals surface area contributed by atoms with Crippen molar-refractivity contribution in [3.63, 3.8) is 0 Å². The molecule has 0 saturated carbocycles. The first kappa shape index (κ1) is 14.0. The first-order valence-corrected chi connectivity index (χ1v) is 7.26. The van der Waals surface area contributed by atoms with E-state index in [-0.39, 0.29) is 12.4 Å². The van der Waals surface area contributed by atoms with Crippen LogP contribution in [0.25, 0.3) is 0 Å². The first-order valence-electron chi connectivity index (χ1n) is 5.50. The maximum Gasteiger partial charge on any atom is 0.170 e. The Balaban J connectivity index is 2.15. The van der Waals surface area contributed by atoms with Gasteiger partial charge in [-0.15, -0.1) is 0 Å². The van der Waals surface area contributed by atoms with E-state index in [0.717, 1.165) is 15.7 Å². The number of aryl methyl sites for hydroxylation is 1. The van der Waals surface area contributed by atoms with Crippen LogP contribution in [0.2, 0.25) is 0 Å². The highest BCUT2D eigenvalue weighted by Gasteiger charge is 2.06. The van der Waals surface area contributed by atoms with Gasteiger partial charge in [-0.3, -0.25) is 0 Å². The van der Waals surface area contributed by atoms with Crippen molar-refractivity contribution in [1.82, 2.24) is 9.36 Å². The third-order valence-electron chi connectivity index (χ3n) is 2.23. The van der Waals surface area contributed by atoms with E-state index in [1.807, 2.05) is 6.92 Å². The number of hydrogen-bond donors (Lipinski definition) is 1. The minimum atomic E-state index is -0.331. The summed E-state index contributed by atoms with van der Waals surface area (Å²) in [5, 5.41) is 8.71. The zero-order chi connectivity index (χ0) is 13.7. The molecule has 0 atom stereocenters. The molecule has 19 heavy (non-hydrogen) atoms. The fourth-order valence-corrected chi connectivity index (χ4v) is 3.05. The number of aliphatic hydroxyl groups excluding tert-OH is 1. The normalized spacial score (nSPS) is 10.1. The number of halogens is 1. The van der Waals surface area contributed by atoms with Gasteiger partial charge in [-0.2, -0.15) is 4.37 Å². The maximum absolute atomic E-state index is 13.2. The van der Waals surface area contributed by atoms with Gasteiger partial charge in [-0.05, 0) is 36.2 Å². The molecule has 1 N–H and O–H groups in total. The van der Waals surface area contributed by atoms with Gasteiger partial charge >= 0.3 is 0 Å². The molecule has 0 amide bonds. The first-order chi connectivity index (χ1) is 9.19. The average Bonchev–Trinajstić information content (AvgIpc) is 2.81. The summed E-state index contributed by atoms with van der Waals surface area (Å²) >= 11 is 2.89. The second-order valence-electron chi connectivity index (χ2n) is 3.66. The smallest absolute Gasteiger partial charge is 0.170 e. The van der Waals surface area contributed by atoms with Crippen molar-refractivity contribution in [2.45, 2.75) is 17.0 Å². The summed E-state index contributed by atoms with van der Waals surface area (Å²) in [5.74, 6) is 6.37. The lowest BCUT2D eigenvalue weighted by Gasteiger charge is -2.03. The van der Waals surface area contributed by atoms with Gasteiger partial charge in [-0.25, -0.2) is 9.37 Å². The van der Waals surface area contributed by atoms with E-state index in [4.69, 9.17) is 5.11 Å². The molecule has 0 aliphatic heterocycles. The number of aliphatic hydroxyl groups is 1. The largest absolute Gasteiger partial charge is 0.384 e. The molecule has 98 valence electrons. The Morgan fingerprint density at radius 3 is 3.00 bits per heavy atom. The topological polar surface area (TPSA) is 46.0 Å². The van der Waals surface area contributed by atoms with Crippen molar-refractivity contribution >= 4 is 23.3 Å². The van der Waals surface area contributed by atoms with Crippen molar-refractivity contribution in [2.75, 3.05) is 6.61 Å². The summed E-state index contributed by atoms with van der Waals surface area (Å²) < 4.78 is 18.2. The molecule has 0 unspecified atom stereocenters. The maximum atomic E-state index is 13.2. The van der Waals surface area contributed by atoms with E-state index in [2.05, 4.69) is 21.2 Å². The SMILES string of the molecule is Cc1nsc(SCc2ccc(F)cc2C#CCO)n1. The number of thioether (sulfide) groups is 1. The number of hydrogen-bond acceptors (Lipinski definition) is 5. The third-order valence-corrected chi connectivity index (χ3v) is 4.21. The van der Waals surface area contributed by atoms with Crippen LogP contribution < -0.4 is 0 Å². The predicted octanol–water partition coefficient (Wildman–Crippen LogP) is 2.62. The van der Waals surface area contributed by atoms with Gasteiger partial charge in [0.25, 0.3) is 0 Å². The highest BCUT2D eigenvalue weighted by Crippen LogP contribution is 2.25. The van der Waals surface area contributed by atoms with Crippen LogP contribution >= 0.6 is 23.3 Å². The Bertz CT molecular complexity index is 631. The molecule has 0 aliphatic rings. The van der Waals surface area contributed by atoms with Crippen LogP contribution in [0.3, 0.4) is 0 Å². The minimum absolute atomic E-state index is 0.237. The van der Waals surface area contributed by atoms with Crippen LogP contribution in [0.5, 0.6) is 0 Å². The van der Waals surface area contributed by atoms with Crippen molar-refractivity contribution < 1.29 is 9.50 Å². The highest BCUT2D eigenvalue weighted by molar-refractivity contribution is 8.00. The average molecular weight is 294 g/mol. The van der Waals surface area contributed by atoms with Gasteiger partial charge in [0.1, 0.15) is 18.2 Å². The molecule has 0 bridgehead atoms. The zero-order valence-corrected chi connectivity index (χ0v) is 11.8. The molecular weight excluding hydrogens is 283 g/mol. The van der Waals surface area contributed by atoms with Gasteiger partial charge in [0, 0.05) is 11.3 Å². The molecule has 0 radical (unpaired) electrons. The van der Waals surface area contributed by atoms with Crippen LogP contribution in [0.15, 0.2) is 22.5 Å². The summed E-state index contributed by atoms with van der Waals surface area (Å²) in [4.78, 5) is 4.26. The predicted molar refractivity (Wildman–Crippen MR) is 74.6 cm³/mol. The number of nitrogens with zero attached hydrogens (tertiary/aromatic N) is 2. The Morgan fingerprint density at radius 2 is 2.32 bits per heavy atom. The molecule has 0 aliphatic carbocycles. The molecule has 1 heterocycles. The second kappa shape index (κ2) is 6.66. The Labute approximate surface area is 119 Å². The monoisotopic (exact) mass is 294 g/mol. The molecular formula is C13H11FN2OS2. The molecule has 1 aromatic carbocycles. The summed E-state index contributed by atoms with van der Waals surface area (Å²) in [6.07, 6.45) is 0. The van der Waals surface area contributed by atoms with Crippen LogP contribution in [0, 0.1) is 24.6 Å². The van der Waals surface area contributed by atoms with Crippen LogP contribution in [0.4, 0.5) is 4.39 Å². The van der Waals surface area contributed by atoms with Crippen LogP contribution in [-0.4, -0.2) is 21.1 Å². The lowest BCUT2D eigenvalue weighted by molar-refractivity contribution is 0.350. The fraction of sp³-hybridized carbons (Fsp3) is 0.231. The molecule has 2 rings (SSSR count). The lowest BCUT2D eigenvalue weighted by atomic mass is 10.1. The van der Waals surface area contributed by atoms with E-state index in [1.54, 1.807) is 17.8 Å². The molecule has 1 aromatic heterocycles. The fourth-order valence-electron chi connectivity index (χ4n) is 1.40. The Hall–Kier alpha value is -1.42. The van der Waals surface area contributed by atoms with Crippen molar-refractivity contribution in [2.24, 2.45) is 0 Å². The van der Waals surface area contributed by atoms with Gasteiger partial charge in [0.15, 0.2) is 4.34 Å². The molecule has 3 nitrogen and oxygen atoms in total. The molecule has 0 spiro atoms. The van der Waals surface area contributed by atoms with Crippen LogP contribution in [0.1, 0.15) is 17.0 Å². The third kappa shape index (κ3) is 4.03. The quantitative estimate of drug-likeness (QED) is 0.698. The Kier molecular flexibility index (Phi) is 4.91. The van der Waals surface area contributed by atoms with Crippen molar-refractivity contribution in [3.8, 4) is 11.8 Å². The lowest BCUT2D eigenvalue weighted by Crippen LogP contribution is -1.90. The summed E-state index contributed by atoms with van der Waals surface area (Å²) in [5.41, 5.74) is 1.52. The molecule has 2 aromatic rings. The standard InChI is InChI=1S/C13H11FN2OS2/c1-9-15-13(19-16-9)18-8-11-4-5-12(14)7-10(11)3-2-6-17/h4-5,7,17H,6,8H2,1H3.